The van der Waals surface area contributed by atoms with E-state index in [-0.39, 0.29) is 5.41 Å². The monoisotopic (exact) mass is 449 g/mol. The Labute approximate surface area is 204 Å². The Morgan fingerprint density at radius 1 is 0.571 bits per heavy atom. The molecule has 0 radical (unpaired) electrons. The largest absolute Gasteiger partial charge is 0.246 e. The Balaban J connectivity index is 1.44. The normalized spacial score (nSPS) is 13.7. The highest BCUT2D eigenvalue weighted by Crippen LogP contribution is 2.49. The molecule has 0 spiro atoms. The van der Waals surface area contributed by atoms with Crippen molar-refractivity contribution in [1.82, 2.24) is 15.0 Å². The maximum absolute atomic E-state index is 5.10. The molecule has 0 saturated heterocycles. The van der Waals surface area contributed by atoms with Crippen molar-refractivity contribution in [3.8, 4) is 33.9 Å². The van der Waals surface area contributed by atoms with Crippen LogP contribution in [0.3, 0.4) is 0 Å². The molecule has 166 valence electrons. The summed E-state index contributed by atoms with van der Waals surface area (Å²) in [4.78, 5) is 15.0. The van der Waals surface area contributed by atoms with Gasteiger partial charge in [0.1, 0.15) is 5.69 Å². The molecule has 0 unspecified atom stereocenters. The zero-order valence-corrected chi connectivity index (χ0v) is 19.7. The molecule has 0 bridgehead atoms. The van der Waals surface area contributed by atoms with Gasteiger partial charge in [-0.2, -0.15) is 0 Å². The summed E-state index contributed by atoms with van der Waals surface area (Å²) in [6, 6.07) is 35.9. The van der Waals surface area contributed by atoms with Crippen LogP contribution in [0, 0.1) is 0 Å². The van der Waals surface area contributed by atoms with E-state index in [9.17, 15) is 0 Å². The highest BCUT2D eigenvalue weighted by molar-refractivity contribution is 5.94. The highest BCUT2D eigenvalue weighted by atomic mass is 14.9. The smallest absolute Gasteiger partial charge is 0.160 e. The Morgan fingerprint density at radius 2 is 1.31 bits per heavy atom. The fourth-order valence-electron chi connectivity index (χ4n) is 5.44. The third-order valence-electron chi connectivity index (χ3n) is 7.29. The molecule has 0 aliphatic heterocycles. The average Bonchev–Trinajstić information content (AvgIpc) is 3.14. The van der Waals surface area contributed by atoms with Gasteiger partial charge in [0.15, 0.2) is 5.82 Å². The van der Waals surface area contributed by atoms with Gasteiger partial charge < -0.3 is 0 Å². The fraction of sp³-hybridized carbons (Fsp3) is 0.0938. The molecule has 0 fully saturated rings. The second-order valence-electron chi connectivity index (χ2n) is 9.73. The van der Waals surface area contributed by atoms with E-state index in [1.54, 1.807) is 0 Å². The van der Waals surface area contributed by atoms with E-state index in [2.05, 4.69) is 86.6 Å². The number of aromatic nitrogens is 3. The highest BCUT2D eigenvalue weighted by Gasteiger charge is 2.35. The van der Waals surface area contributed by atoms with E-state index in [4.69, 9.17) is 15.0 Å². The number of rotatable bonds is 2. The minimum Gasteiger partial charge on any atom is -0.246 e. The van der Waals surface area contributed by atoms with Crippen LogP contribution < -0.4 is 0 Å². The minimum absolute atomic E-state index is 0.0679. The fourth-order valence-corrected chi connectivity index (χ4v) is 5.44. The van der Waals surface area contributed by atoms with Crippen LogP contribution in [-0.4, -0.2) is 15.0 Å². The molecule has 7 rings (SSSR count). The summed E-state index contributed by atoms with van der Waals surface area (Å²) in [6.45, 7) is 4.60. The molecule has 4 aromatic carbocycles. The lowest BCUT2D eigenvalue weighted by atomic mass is 9.82. The van der Waals surface area contributed by atoms with E-state index in [1.165, 1.54) is 22.3 Å². The van der Waals surface area contributed by atoms with Crippen LogP contribution in [0.2, 0.25) is 0 Å². The van der Waals surface area contributed by atoms with Gasteiger partial charge in [-0.15, -0.1) is 0 Å². The molecule has 2 heterocycles. The molecular weight excluding hydrogens is 426 g/mol. The van der Waals surface area contributed by atoms with Crippen LogP contribution in [0.15, 0.2) is 103 Å². The number of fused-ring (bicyclic) bond motifs is 5. The number of nitrogens with zero attached hydrogens (tertiary/aromatic N) is 3. The van der Waals surface area contributed by atoms with Crippen LogP contribution in [0.1, 0.15) is 25.0 Å². The topological polar surface area (TPSA) is 38.7 Å². The van der Waals surface area contributed by atoms with Crippen LogP contribution in [0.25, 0.3) is 55.7 Å². The van der Waals surface area contributed by atoms with Crippen molar-refractivity contribution >= 4 is 21.8 Å². The summed E-state index contributed by atoms with van der Waals surface area (Å²) in [5.41, 5.74) is 9.87. The molecule has 3 nitrogen and oxygen atoms in total. The maximum Gasteiger partial charge on any atom is 0.160 e. The number of hydrogen-bond donors (Lipinski definition) is 0. The third kappa shape index (κ3) is 3.01. The van der Waals surface area contributed by atoms with Gasteiger partial charge in [-0.05, 0) is 46.5 Å². The third-order valence-corrected chi connectivity index (χ3v) is 7.29. The number of para-hydroxylation sites is 2. The summed E-state index contributed by atoms with van der Waals surface area (Å²) in [5, 5.41) is 2.13. The second kappa shape index (κ2) is 7.31. The standard InChI is InChI=1S/C32H23N3/c1-32(2)25-12-6-4-10-22(25)23-17-15-21(19-26(23)32)31-34-28-14-8-5-11-24(28)30(35-31)29-18-16-20-9-3-7-13-27(20)33-29/h3-19H,1-2H3. The molecule has 6 aromatic rings. The molecule has 1 aliphatic carbocycles. The lowest BCUT2D eigenvalue weighted by molar-refractivity contribution is 0.660. The van der Waals surface area contributed by atoms with E-state index in [0.29, 0.717) is 0 Å². The van der Waals surface area contributed by atoms with Crippen molar-refractivity contribution in [1.29, 1.82) is 0 Å². The molecular formula is C32H23N3. The average molecular weight is 450 g/mol. The van der Waals surface area contributed by atoms with Crippen LogP contribution in [0.5, 0.6) is 0 Å². The summed E-state index contributed by atoms with van der Waals surface area (Å²) < 4.78 is 0. The van der Waals surface area contributed by atoms with Gasteiger partial charge in [-0.3, -0.25) is 0 Å². The molecule has 0 atom stereocenters. The van der Waals surface area contributed by atoms with Gasteiger partial charge in [0.2, 0.25) is 0 Å². The van der Waals surface area contributed by atoms with Gasteiger partial charge in [0, 0.05) is 21.8 Å². The van der Waals surface area contributed by atoms with Crippen molar-refractivity contribution in [3.63, 3.8) is 0 Å². The summed E-state index contributed by atoms with van der Waals surface area (Å²) >= 11 is 0. The second-order valence-corrected chi connectivity index (χ2v) is 9.73. The Hall–Kier alpha value is -4.37. The van der Waals surface area contributed by atoms with E-state index in [0.717, 1.165) is 44.6 Å². The van der Waals surface area contributed by atoms with Crippen molar-refractivity contribution in [2.75, 3.05) is 0 Å². The van der Waals surface area contributed by atoms with Gasteiger partial charge in [-0.25, -0.2) is 15.0 Å². The zero-order valence-electron chi connectivity index (χ0n) is 19.7. The first-order chi connectivity index (χ1) is 17.1. The van der Waals surface area contributed by atoms with Crippen molar-refractivity contribution in [3.05, 3.63) is 114 Å². The van der Waals surface area contributed by atoms with E-state index >= 15 is 0 Å². The van der Waals surface area contributed by atoms with Gasteiger partial charge >= 0.3 is 0 Å². The lowest BCUT2D eigenvalue weighted by Gasteiger charge is -2.21. The molecule has 0 N–H and O–H groups in total. The number of pyridine rings is 1. The Bertz CT molecular complexity index is 1780. The first-order valence-electron chi connectivity index (χ1n) is 12.0. The van der Waals surface area contributed by atoms with Crippen LogP contribution in [0.4, 0.5) is 0 Å². The van der Waals surface area contributed by atoms with Gasteiger partial charge in [0.05, 0.1) is 16.7 Å². The number of benzene rings is 4. The van der Waals surface area contributed by atoms with Gasteiger partial charge in [-0.1, -0.05) is 92.7 Å². The predicted octanol–water partition coefficient (Wildman–Crippen LogP) is 7.82. The van der Waals surface area contributed by atoms with E-state index in [1.807, 2.05) is 30.3 Å². The van der Waals surface area contributed by atoms with Crippen LogP contribution >= 0.6 is 0 Å². The molecule has 0 saturated carbocycles. The molecule has 1 aliphatic rings. The molecule has 35 heavy (non-hydrogen) atoms. The Kier molecular flexibility index (Phi) is 4.19. The lowest BCUT2D eigenvalue weighted by Crippen LogP contribution is -2.15. The SMILES string of the molecule is CC1(C)c2ccccc2-c2ccc(-c3nc(-c4ccc5ccccc5n4)c4ccccc4n3)cc21. The van der Waals surface area contributed by atoms with E-state index < -0.39 is 0 Å². The summed E-state index contributed by atoms with van der Waals surface area (Å²) in [5.74, 6) is 0.725. The van der Waals surface area contributed by atoms with Crippen molar-refractivity contribution in [2.45, 2.75) is 19.3 Å². The minimum atomic E-state index is -0.0679. The van der Waals surface area contributed by atoms with Crippen molar-refractivity contribution < 1.29 is 0 Å². The number of hydrogen-bond acceptors (Lipinski definition) is 3. The zero-order chi connectivity index (χ0) is 23.6. The van der Waals surface area contributed by atoms with Crippen LogP contribution in [-0.2, 0) is 5.41 Å². The molecule has 0 amide bonds. The first-order valence-corrected chi connectivity index (χ1v) is 12.0. The van der Waals surface area contributed by atoms with Crippen molar-refractivity contribution in [2.24, 2.45) is 0 Å². The predicted molar refractivity (Wildman–Crippen MR) is 143 cm³/mol. The molecule has 2 aromatic heterocycles. The molecule has 3 heteroatoms. The summed E-state index contributed by atoms with van der Waals surface area (Å²) in [7, 11) is 0. The maximum atomic E-state index is 5.10. The quantitative estimate of drug-likeness (QED) is 0.270. The van der Waals surface area contributed by atoms with Gasteiger partial charge in [0.25, 0.3) is 0 Å². The first kappa shape index (κ1) is 20.0. The summed E-state index contributed by atoms with van der Waals surface area (Å²) in [6.07, 6.45) is 0. The Morgan fingerprint density at radius 3 is 2.23 bits per heavy atom.